The second kappa shape index (κ2) is 5.05. The summed E-state index contributed by atoms with van der Waals surface area (Å²) in [5, 5.41) is 8.96. The summed E-state index contributed by atoms with van der Waals surface area (Å²) in [6.07, 6.45) is 0. The van der Waals surface area contributed by atoms with Gasteiger partial charge in [0, 0.05) is 4.47 Å². The third kappa shape index (κ3) is 2.65. The number of ketones is 1. The molecule has 1 N–H and O–H groups in total. The number of alkyl halides is 1. The van der Waals surface area contributed by atoms with E-state index in [2.05, 4.69) is 31.9 Å². The maximum atomic E-state index is 11.2. The van der Waals surface area contributed by atoms with Crippen molar-refractivity contribution in [1.29, 1.82) is 0 Å². The SMILES string of the molecule is CC(=O)C(Br)c1cc(CO)ccc1Br. The molecule has 0 aliphatic rings. The van der Waals surface area contributed by atoms with E-state index in [-0.39, 0.29) is 17.2 Å². The van der Waals surface area contributed by atoms with Crippen LogP contribution >= 0.6 is 31.9 Å². The summed E-state index contributed by atoms with van der Waals surface area (Å²) in [5.41, 5.74) is 1.65. The summed E-state index contributed by atoms with van der Waals surface area (Å²) in [5.74, 6) is 0.0424. The van der Waals surface area contributed by atoms with Crippen molar-refractivity contribution >= 4 is 37.6 Å². The predicted octanol–water partition coefficient (Wildman–Crippen LogP) is 2.97. The van der Waals surface area contributed by atoms with E-state index in [1.807, 2.05) is 18.2 Å². The standard InChI is InChI=1S/C10H10Br2O2/c1-6(14)10(12)8-4-7(5-13)2-3-9(8)11/h2-4,10,13H,5H2,1H3. The van der Waals surface area contributed by atoms with E-state index >= 15 is 0 Å². The van der Waals surface area contributed by atoms with Gasteiger partial charge >= 0.3 is 0 Å². The molecule has 0 aliphatic carbocycles. The first kappa shape index (κ1) is 11.9. The number of carbonyl (C=O) groups is 1. The Hall–Kier alpha value is -0.190. The van der Waals surface area contributed by atoms with E-state index < -0.39 is 0 Å². The number of hydrogen-bond acceptors (Lipinski definition) is 2. The molecule has 0 saturated carbocycles. The van der Waals surface area contributed by atoms with Gasteiger partial charge in [0.25, 0.3) is 0 Å². The molecule has 0 aromatic heterocycles. The van der Waals surface area contributed by atoms with Crippen molar-refractivity contribution in [3.8, 4) is 0 Å². The summed E-state index contributed by atoms with van der Waals surface area (Å²) in [7, 11) is 0. The molecule has 0 heterocycles. The molecule has 2 nitrogen and oxygen atoms in total. The van der Waals surface area contributed by atoms with Crippen molar-refractivity contribution in [2.75, 3.05) is 0 Å². The number of aliphatic hydroxyl groups excluding tert-OH is 1. The van der Waals surface area contributed by atoms with E-state index in [0.717, 1.165) is 15.6 Å². The molecule has 0 fully saturated rings. The van der Waals surface area contributed by atoms with Crippen LogP contribution in [0.3, 0.4) is 0 Å². The van der Waals surface area contributed by atoms with E-state index in [4.69, 9.17) is 5.11 Å². The Morgan fingerprint density at radius 1 is 1.57 bits per heavy atom. The van der Waals surface area contributed by atoms with Gasteiger partial charge in [-0.15, -0.1) is 0 Å². The van der Waals surface area contributed by atoms with E-state index in [1.165, 1.54) is 6.92 Å². The van der Waals surface area contributed by atoms with Crippen LogP contribution in [0, 0.1) is 0 Å². The molecular formula is C10H10Br2O2. The second-order valence-electron chi connectivity index (χ2n) is 2.99. The molecule has 0 aliphatic heterocycles. The molecule has 76 valence electrons. The minimum Gasteiger partial charge on any atom is -0.392 e. The summed E-state index contributed by atoms with van der Waals surface area (Å²) < 4.78 is 0.867. The Kier molecular flexibility index (Phi) is 4.29. The van der Waals surface area contributed by atoms with Gasteiger partial charge in [-0.25, -0.2) is 0 Å². The minimum absolute atomic E-state index is 0.0160. The van der Waals surface area contributed by atoms with Gasteiger partial charge in [-0.2, -0.15) is 0 Å². The lowest BCUT2D eigenvalue weighted by atomic mass is 10.1. The second-order valence-corrected chi connectivity index (χ2v) is 4.76. The molecule has 0 bridgehead atoms. The monoisotopic (exact) mass is 320 g/mol. The van der Waals surface area contributed by atoms with Gasteiger partial charge < -0.3 is 5.11 Å². The van der Waals surface area contributed by atoms with Gasteiger partial charge in [-0.3, -0.25) is 4.79 Å². The van der Waals surface area contributed by atoms with Crippen LogP contribution in [0.4, 0.5) is 0 Å². The topological polar surface area (TPSA) is 37.3 Å². The van der Waals surface area contributed by atoms with Crippen LogP contribution in [0.1, 0.15) is 22.9 Å². The zero-order valence-corrected chi connectivity index (χ0v) is 10.8. The minimum atomic E-state index is -0.316. The Labute approximate surface area is 99.6 Å². The van der Waals surface area contributed by atoms with Gasteiger partial charge in [0.05, 0.1) is 11.4 Å². The van der Waals surface area contributed by atoms with Crippen LogP contribution in [0.2, 0.25) is 0 Å². The number of rotatable bonds is 3. The zero-order chi connectivity index (χ0) is 10.7. The quantitative estimate of drug-likeness (QED) is 0.869. The maximum Gasteiger partial charge on any atom is 0.147 e. The van der Waals surface area contributed by atoms with Crippen LogP contribution in [-0.4, -0.2) is 10.9 Å². The van der Waals surface area contributed by atoms with Gasteiger partial charge in [0.15, 0.2) is 0 Å². The first-order valence-corrected chi connectivity index (χ1v) is 5.81. The van der Waals surface area contributed by atoms with Crippen LogP contribution in [0.25, 0.3) is 0 Å². The lowest BCUT2D eigenvalue weighted by molar-refractivity contribution is -0.116. The van der Waals surface area contributed by atoms with Crippen LogP contribution < -0.4 is 0 Å². The highest BCUT2D eigenvalue weighted by atomic mass is 79.9. The molecular weight excluding hydrogens is 312 g/mol. The van der Waals surface area contributed by atoms with Crippen molar-refractivity contribution in [3.63, 3.8) is 0 Å². The summed E-state index contributed by atoms with van der Waals surface area (Å²) in [4.78, 5) is 10.8. The Morgan fingerprint density at radius 3 is 2.71 bits per heavy atom. The highest BCUT2D eigenvalue weighted by Crippen LogP contribution is 2.31. The predicted molar refractivity (Wildman–Crippen MR) is 62.4 cm³/mol. The number of benzene rings is 1. The molecule has 1 aromatic rings. The third-order valence-electron chi connectivity index (χ3n) is 1.87. The number of carbonyl (C=O) groups excluding carboxylic acids is 1. The number of aliphatic hydroxyl groups is 1. The van der Waals surface area contributed by atoms with Crippen molar-refractivity contribution in [1.82, 2.24) is 0 Å². The largest absolute Gasteiger partial charge is 0.392 e. The molecule has 0 radical (unpaired) electrons. The fourth-order valence-electron chi connectivity index (χ4n) is 1.10. The Morgan fingerprint density at radius 2 is 2.21 bits per heavy atom. The van der Waals surface area contributed by atoms with Crippen LogP contribution in [-0.2, 0) is 11.4 Å². The van der Waals surface area contributed by atoms with Crippen molar-refractivity contribution in [2.45, 2.75) is 18.4 Å². The van der Waals surface area contributed by atoms with Crippen LogP contribution in [0.5, 0.6) is 0 Å². The number of Topliss-reactive ketones (excluding diaryl/α,β-unsaturated/α-hetero) is 1. The van der Waals surface area contributed by atoms with E-state index in [9.17, 15) is 4.79 Å². The van der Waals surface area contributed by atoms with Crippen LogP contribution in [0.15, 0.2) is 22.7 Å². The molecule has 1 aromatic carbocycles. The Bertz CT molecular complexity index is 350. The molecule has 0 spiro atoms. The van der Waals surface area contributed by atoms with Gasteiger partial charge in [0.1, 0.15) is 5.78 Å². The number of hydrogen-bond donors (Lipinski definition) is 1. The maximum absolute atomic E-state index is 11.2. The lowest BCUT2D eigenvalue weighted by Crippen LogP contribution is -2.02. The first-order valence-electron chi connectivity index (χ1n) is 4.10. The normalized spacial score (nSPS) is 12.6. The summed E-state index contributed by atoms with van der Waals surface area (Å²) >= 11 is 6.67. The van der Waals surface area contributed by atoms with Gasteiger partial charge in [-0.1, -0.05) is 44.0 Å². The highest BCUT2D eigenvalue weighted by molar-refractivity contribution is 9.11. The average Bonchev–Trinajstić information content (AvgIpc) is 2.17. The molecule has 0 amide bonds. The highest BCUT2D eigenvalue weighted by Gasteiger charge is 2.15. The third-order valence-corrected chi connectivity index (χ3v) is 3.73. The smallest absolute Gasteiger partial charge is 0.147 e. The fourth-order valence-corrected chi connectivity index (χ4v) is 2.27. The van der Waals surface area contributed by atoms with Crippen molar-refractivity contribution in [3.05, 3.63) is 33.8 Å². The molecule has 4 heteroatoms. The molecule has 1 unspecified atom stereocenters. The molecule has 1 rings (SSSR count). The zero-order valence-electron chi connectivity index (χ0n) is 7.63. The van der Waals surface area contributed by atoms with Crippen molar-refractivity contribution < 1.29 is 9.90 Å². The lowest BCUT2D eigenvalue weighted by Gasteiger charge is -2.10. The summed E-state index contributed by atoms with van der Waals surface area (Å²) in [6.45, 7) is 1.51. The fraction of sp³-hybridized carbons (Fsp3) is 0.300. The average molecular weight is 322 g/mol. The molecule has 14 heavy (non-hydrogen) atoms. The van der Waals surface area contributed by atoms with Crippen molar-refractivity contribution in [2.24, 2.45) is 0 Å². The molecule has 1 atom stereocenters. The van der Waals surface area contributed by atoms with E-state index in [0.29, 0.717) is 0 Å². The van der Waals surface area contributed by atoms with Gasteiger partial charge in [-0.05, 0) is 24.1 Å². The summed E-state index contributed by atoms with van der Waals surface area (Å²) in [6, 6.07) is 5.45. The number of halogens is 2. The van der Waals surface area contributed by atoms with Gasteiger partial charge in [0.2, 0.25) is 0 Å². The first-order chi connectivity index (χ1) is 6.56. The van der Waals surface area contributed by atoms with E-state index in [1.54, 1.807) is 0 Å². The molecule has 0 saturated heterocycles. The Balaban J connectivity index is 3.11.